The van der Waals surface area contributed by atoms with Gasteiger partial charge < -0.3 is 5.11 Å². The highest BCUT2D eigenvalue weighted by molar-refractivity contribution is 7.08. The number of aliphatic carboxylic acids is 1. The zero-order valence-electron chi connectivity index (χ0n) is 8.91. The summed E-state index contributed by atoms with van der Waals surface area (Å²) in [4.78, 5) is 11.0. The first-order valence-electron chi connectivity index (χ1n) is 4.70. The van der Waals surface area contributed by atoms with Gasteiger partial charge in [-0.2, -0.15) is 11.3 Å². The molecule has 16 heavy (non-hydrogen) atoms. The van der Waals surface area contributed by atoms with Gasteiger partial charge in [-0.25, -0.2) is 9.48 Å². The molecule has 2 rings (SSSR count). The number of hydrogen-bond donors (Lipinski definition) is 1. The molecule has 6 heteroatoms. The van der Waals surface area contributed by atoms with Gasteiger partial charge in [0, 0.05) is 10.9 Å². The quantitative estimate of drug-likeness (QED) is 0.884. The van der Waals surface area contributed by atoms with Crippen molar-refractivity contribution in [1.29, 1.82) is 0 Å². The minimum absolute atomic E-state index is 0.690. The first kappa shape index (κ1) is 10.8. The van der Waals surface area contributed by atoms with Crippen molar-refractivity contribution < 1.29 is 9.90 Å². The smallest absolute Gasteiger partial charge is 0.331 e. The van der Waals surface area contributed by atoms with Crippen LogP contribution in [0.25, 0.3) is 11.3 Å². The lowest BCUT2D eigenvalue weighted by Gasteiger charge is -2.18. The third kappa shape index (κ3) is 1.71. The van der Waals surface area contributed by atoms with Crippen LogP contribution in [0.2, 0.25) is 0 Å². The first-order valence-corrected chi connectivity index (χ1v) is 5.65. The molecule has 1 N–H and O–H groups in total. The average molecular weight is 237 g/mol. The Morgan fingerprint density at radius 3 is 2.88 bits per heavy atom. The number of hydrogen-bond acceptors (Lipinski definition) is 4. The Morgan fingerprint density at radius 1 is 1.56 bits per heavy atom. The molecule has 84 valence electrons. The average Bonchev–Trinajstić information content (AvgIpc) is 2.88. The Kier molecular flexibility index (Phi) is 2.51. The highest BCUT2D eigenvalue weighted by Gasteiger charge is 2.30. The van der Waals surface area contributed by atoms with E-state index in [1.807, 2.05) is 16.8 Å². The molecule has 0 atom stereocenters. The van der Waals surface area contributed by atoms with Crippen LogP contribution < -0.4 is 0 Å². The van der Waals surface area contributed by atoms with Crippen LogP contribution in [-0.4, -0.2) is 26.1 Å². The van der Waals surface area contributed by atoms with Crippen LogP contribution in [0, 0.1) is 0 Å². The molecule has 5 nitrogen and oxygen atoms in total. The van der Waals surface area contributed by atoms with Gasteiger partial charge in [-0.3, -0.25) is 0 Å². The molecule has 0 unspecified atom stereocenters. The van der Waals surface area contributed by atoms with Crippen molar-refractivity contribution in [2.45, 2.75) is 19.4 Å². The summed E-state index contributed by atoms with van der Waals surface area (Å²) in [5.74, 6) is -0.936. The number of rotatable bonds is 3. The number of carboxylic acid groups (broad SMARTS) is 1. The van der Waals surface area contributed by atoms with Crippen molar-refractivity contribution in [1.82, 2.24) is 15.0 Å². The molecule has 2 heterocycles. The molecular formula is C10H11N3O2S. The molecule has 0 aliphatic rings. The zero-order valence-corrected chi connectivity index (χ0v) is 9.73. The highest BCUT2D eigenvalue weighted by Crippen LogP contribution is 2.22. The van der Waals surface area contributed by atoms with Crippen LogP contribution in [0.15, 0.2) is 23.0 Å². The summed E-state index contributed by atoms with van der Waals surface area (Å²) < 4.78 is 1.36. The van der Waals surface area contributed by atoms with Crippen molar-refractivity contribution >= 4 is 17.3 Å². The summed E-state index contributed by atoms with van der Waals surface area (Å²) in [5, 5.41) is 20.8. The molecule has 0 saturated heterocycles. The first-order chi connectivity index (χ1) is 7.51. The summed E-state index contributed by atoms with van der Waals surface area (Å²) in [7, 11) is 0. The summed E-state index contributed by atoms with van der Waals surface area (Å²) in [6, 6.07) is 1.92. The van der Waals surface area contributed by atoms with E-state index >= 15 is 0 Å². The van der Waals surface area contributed by atoms with E-state index in [1.165, 1.54) is 4.68 Å². The van der Waals surface area contributed by atoms with Gasteiger partial charge in [0.15, 0.2) is 5.54 Å². The summed E-state index contributed by atoms with van der Waals surface area (Å²) in [6.07, 6.45) is 1.65. The van der Waals surface area contributed by atoms with E-state index < -0.39 is 11.5 Å². The normalized spacial score (nSPS) is 11.6. The number of thiophene rings is 1. The molecule has 0 radical (unpaired) electrons. The number of carboxylic acids is 1. The van der Waals surface area contributed by atoms with E-state index in [0.717, 1.165) is 5.56 Å². The van der Waals surface area contributed by atoms with Crippen LogP contribution in [0.1, 0.15) is 13.8 Å². The van der Waals surface area contributed by atoms with Gasteiger partial charge in [0.05, 0.1) is 6.20 Å². The summed E-state index contributed by atoms with van der Waals surface area (Å²) >= 11 is 1.56. The Hall–Kier alpha value is -1.69. The molecule has 0 aromatic carbocycles. The van der Waals surface area contributed by atoms with Crippen LogP contribution in [0.4, 0.5) is 0 Å². The molecule has 0 amide bonds. The van der Waals surface area contributed by atoms with Crippen molar-refractivity contribution in [3.8, 4) is 11.3 Å². The number of carbonyl (C=O) groups is 1. The second-order valence-corrected chi connectivity index (χ2v) is 4.70. The minimum Gasteiger partial charge on any atom is -0.479 e. The second-order valence-electron chi connectivity index (χ2n) is 3.92. The van der Waals surface area contributed by atoms with Crippen molar-refractivity contribution in [2.75, 3.05) is 0 Å². The van der Waals surface area contributed by atoms with E-state index in [-0.39, 0.29) is 0 Å². The molecular weight excluding hydrogens is 226 g/mol. The predicted molar refractivity (Wildman–Crippen MR) is 60.3 cm³/mol. The maximum absolute atomic E-state index is 11.0. The van der Waals surface area contributed by atoms with E-state index in [0.29, 0.717) is 5.69 Å². The van der Waals surface area contributed by atoms with E-state index in [1.54, 1.807) is 31.4 Å². The number of aromatic nitrogens is 3. The van der Waals surface area contributed by atoms with E-state index in [4.69, 9.17) is 5.11 Å². The van der Waals surface area contributed by atoms with Crippen molar-refractivity contribution in [2.24, 2.45) is 0 Å². The van der Waals surface area contributed by atoms with Gasteiger partial charge in [-0.15, -0.1) is 5.10 Å². The topological polar surface area (TPSA) is 68.0 Å². The van der Waals surface area contributed by atoms with Gasteiger partial charge in [0.1, 0.15) is 5.69 Å². The van der Waals surface area contributed by atoms with Crippen LogP contribution in [-0.2, 0) is 10.3 Å². The monoisotopic (exact) mass is 237 g/mol. The predicted octanol–water partition coefficient (Wildman–Crippen LogP) is 1.83. The van der Waals surface area contributed by atoms with Crippen LogP contribution in [0.3, 0.4) is 0 Å². The molecule has 0 aliphatic carbocycles. The number of nitrogens with zero attached hydrogens (tertiary/aromatic N) is 3. The summed E-state index contributed by atoms with van der Waals surface area (Å²) in [6.45, 7) is 3.17. The lowest BCUT2D eigenvalue weighted by atomic mass is 10.1. The minimum atomic E-state index is -1.08. The largest absolute Gasteiger partial charge is 0.479 e. The Morgan fingerprint density at radius 2 is 2.31 bits per heavy atom. The molecule has 2 aromatic heterocycles. The maximum atomic E-state index is 11.0. The molecule has 0 aliphatic heterocycles. The standard InChI is InChI=1S/C10H11N3O2S/c1-10(2,9(14)15)13-5-8(11-12-13)7-3-4-16-6-7/h3-6H,1-2H3,(H,14,15). The van der Waals surface area contributed by atoms with Gasteiger partial charge in [-0.1, -0.05) is 5.21 Å². The Balaban J connectivity index is 2.37. The SMILES string of the molecule is CC(C)(C(=O)O)n1cc(-c2ccsc2)nn1. The van der Waals surface area contributed by atoms with E-state index in [2.05, 4.69) is 10.3 Å². The third-order valence-electron chi connectivity index (χ3n) is 2.41. The van der Waals surface area contributed by atoms with Crippen molar-refractivity contribution in [3.05, 3.63) is 23.0 Å². The van der Waals surface area contributed by atoms with Crippen LogP contribution in [0.5, 0.6) is 0 Å². The van der Waals surface area contributed by atoms with Gasteiger partial charge in [-0.05, 0) is 25.3 Å². The molecule has 2 aromatic rings. The Labute approximate surface area is 96.3 Å². The van der Waals surface area contributed by atoms with Gasteiger partial charge in [0.25, 0.3) is 0 Å². The van der Waals surface area contributed by atoms with Crippen LogP contribution >= 0.6 is 11.3 Å². The maximum Gasteiger partial charge on any atom is 0.331 e. The Bertz CT molecular complexity index is 502. The molecule has 0 bridgehead atoms. The lowest BCUT2D eigenvalue weighted by Crippen LogP contribution is -2.36. The molecule has 0 saturated carbocycles. The van der Waals surface area contributed by atoms with Gasteiger partial charge in [0.2, 0.25) is 0 Å². The fourth-order valence-corrected chi connectivity index (χ4v) is 1.83. The summed E-state index contributed by atoms with van der Waals surface area (Å²) in [5.41, 5.74) is 0.564. The fourth-order valence-electron chi connectivity index (χ4n) is 1.18. The molecule has 0 fully saturated rings. The third-order valence-corrected chi connectivity index (χ3v) is 3.09. The zero-order chi connectivity index (χ0) is 11.8. The van der Waals surface area contributed by atoms with Crippen molar-refractivity contribution in [3.63, 3.8) is 0 Å². The van der Waals surface area contributed by atoms with Gasteiger partial charge >= 0.3 is 5.97 Å². The fraction of sp³-hybridized carbons (Fsp3) is 0.300. The van der Waals surface area contributed by atoms with E-state index in [9.17, 15) is 4.79 Å². The highest BCUT2D eigenvalue weighted by atomic mass is 32.1. The second kappa shape index (κ2) is 3.71. The lowest BCUT2D eigenvalue weighted by molar-refractivity contribution is -0.146. The molecule has 0 spiro atoms.